The fraction of sp³-hybridized carbons (Fsp3) is 0.583. The molecular weight excluding hydrogens is 531 g/mol. The number of fused-ring (bicyclic) bond motifs is 1. The SMILES string of the molecule is CC(C)Cn1c(=O)c(C(=O)NC2CC2)c(O)n2ncc(/C=C/C(=O)N3CCN(CC(F)(F)C(F)(F)F)CC3)c12. The van der Waals surface area contributed by atoms with Crippen LogP contribution in [0.3, 0.4) is 0 Å². The lowest BCUT2D eigenvalue weighted by Crippen LogP contribution is -2.54. The van der Waals surface area contributed by atoms with E-state index in [0.717, 1.165) is 22.3 Å². The molecule has 15 heteroatoms. The van der Waals surface area contributed by atoms with Crippen molar-refractivity contribution in [3.8, 4) is 5.88 Å². The van der Waals surface area contributed by atoms with Crippen molar-refractivity contribution < 1.29 is 36.6 Å². The van der Waals surface area contributed by atoms with Crippen LogP contribution in [-0.4, -0.2) is 91.8 Å². The first kappa shape index (κ1) is 28.5. The second-order valence-electron chi connectivity index (χ2n) is 10.2. The fourth-order valence-electron chi connectivity index (χ4n) is 4.31. The molecule has 0 bridgehead atoms. The minimum atomic E-state index is -5.65. The molecular formula is C24H29F5N6O4. The van der Waals surface area contributed by atoms with Crippen LogP contribution in [-0.2, 0) is 11.3 Å². The number of amides is 2. The Kier molecular flexibility index (Phi) is 7.74. The van der Waals surface area contributed by atoms with E-state index >= 15 is 0 Å². The van der Waals surface area contributed by atoms with E-state index < -0.39 is 47.5 Å². The maximum atomic E-state index is 13.3. The Morgan fingerprint density at radius 1 is 1.15 bits per heavy atom. The number of carbonyl (C=O) groups is 2. The molecule has 3 heterocycles. The van der Waals surface area contributed by atoms with Crippen LogP contribution in [0.4, 0.5) is 22.0 Å². The summed E-state index contributed by atoms with van der Waals surface area (Å²) in [7, 11) is 0. The maximum absolute atomic E-state index is 13.3. The van der Waals surface area contributed by atoms with Crippen molar-refractivity contribution in [2.24, 2.45) is 5.92 Å². The summed E-state index contributed by atoms with van der Waals surface area (Å²) in [5.74, 6) is -6.72. The van der Waals surface area contributed by atoms with Crippen LogP contribution < -0.4 is 10.9 Å². The zero-order valence-electron chi connectivity index (χ0n) is 21.3. The van der Waals surface area contributed by atoms with Gasteiger partial charge < -0.3 is 15.3 Å². The topological polar surface area (TPSA) is 112 Å². The molecule has 1 saturated heterocycles. The zero-order chi connectivity index (χ0) is 28.7. The summed E-state index contributed by atoms with van der Waals surface area (Å²) in [6.07, 6.45) is -0.220. The van der Waals surface area contributed by atoms with Gasteiger partial charge in [-0.05, 0) is 24.8 Å². The molecule has 0 spiro atoms. The summed E-state index contributed by atoms with van der Waals surface area (Å²) in [6, 6.07) is -0.0457. The first-order chi connectivity index (χ1) is 18.2. The number of nitrogens with zero attached hydrogens (tertiary/aromatic N) is 5. The van der Waals surface area contributed by atoms with Crippen LogP contribution >= 0.6 is 0 Å². The van der Waals surface area contributed by atoms with Crippen molar-refractivity contribution in [2.45, 2.75) is 51.4 Å². The molecule has 1 aliphatic carbocycles. The van der Waals surface area contributed by atoms with Gasteiger partial charge in [-0.25, -0.2) is 0 Å². The third kappa shape index (κ3) is 6.07. The minimum Gasteiger partial charge on any atom is -0.492 e. The molecule has 10 nitrogen and oxygen atoms in total. The van der Waals surface area contributed by atoms with E-state index in [1.54, 1.807) is 0 Å². The summed E-state index contributed by atoms with van der Waals surface area (Å²) in [5, 5.41) is 17.5. The molecule has 4 rings (SSSR count). The molecule has 1 saturated carbocycles. The highest BCUT2D eigenvalue weighted by Gasteiger charge is 2.58. The number of carbonyl (C=O) groups excluding carboxylic acids is 2. The van der Waals surface area contributed by atoms with E-state index in [1.807, 2.05) is 13.8 Å². The van der Waals surface area contributed by atoms with Crippen molar-refractivity contribution in [3.05, 3.63) is 33.8 Å². The van der Waals surface area contributed by atoms with Crippen molar-refractivity contribution in [1.29, 1.82) is 0 Å². The monoisotopic (exact) mass is 560 g/mol. The number of piperazine rings is 1. The molecule has 1 aliphatic heterocycles. The standard InChI is InChI=1S/C24H29F5N6O4/c1-14(2)12-34-20-15(11-30-35(20)22(39)18(21(34)38)19(37)31-16-4-5-16)3-6-17(36)33-9-7-32(8-10-33)13-23(25,26)24(27,28)29/h3,6,11,14,16,39H,4-5,7-10,12-13H2,1-2H3,(H,31,37)/b6-3+. The first-order valence-electron chi connectivity index (χ1n) is 12.5. The highest BCUT2D eigenvalue weighted by Crippen LogP contribution is 2.36. The van der Waals surface area contributed by atoms with Crippen molar-refractivity contribution in [1.82, 2.24) is 29.3 Å². The van der Waals surface area contributed by atoms with Crippen LogP contribution in [0.15, 0.2) is 17.1 Å². The highest BCUT2D eigenvalue weighted by atomic mass is 19.4. The number of nitrogens with one attached hydrogen (secondary N) is 1. The Hall–Kier alpha value is -3.49. The summed E-state index contributed by atoms with van der Waals surface area (Å²) in [6.45, 7) is 2.02. The molecule has 0 aromatic carbocycles. The van der Waals surface area contributed by atoms with E-state index in [9.17, 15) is 41.4 Å². The Labute approximate surface area is 219 Å². The minimum absolute atomic E-state index is 0.0234. The molecule has 2 amide bonds. The van der Waals surface area contributed by atoms with E-state index in [0.29, 0.717) is 5.56 Å². The van der Waals surface area contributed by atoms with Crippen molar-refractivity contribution >= 4 is 23.5 Å². The number of hydrogen-bond acceptors (Lipinski definition) is 6. The van der Waals surface area contributed by atoms with Crippen LogP contribution in [0.25, 0.3) is 11.7 Å². The van der Waals surface area contributed by atoms with E-state index in [2.05, 4.69) is 10.4 Å². The Morgan fingerprint density at radius 3 is 2.36 bits per heavy atom. The van der Waals surface area contributed by atoms with E-state index in [1.165, 1.54) is 27.8 Å². The molecule has 0 atom stereocenters. The van der Waals surface area contributed by atoms with Crippen molar-refractivity contribution in [3.63, 3.8) is 0 Å². The second-order valence-corrected chi connectivity index (χ2v) is 10.2. The lowest BCUT2D eigenvalue weighted by Gasteiger charge is -2.36. The van der Waals surface area contributed by atoms with Gasteiger partial charge in [-0.2, -0.15) is 31.6 Å². The molecule has 0 radical (unpaired) electrons. The molecule has 0 unspecified atom stereocenters. The number of rotatable bonds is 8. The van der Waals surface area contributed by atoms with Gasteiger partial charge in [0.25, 0.3) is 11.5 Å². The van der Waals surface area contributed by atoms with Gasteiger partial charge >= 0.3 is 12.1 Å². The predicted molar refractivity (Wildman–Crippen MR) is 129 cm³/mol. The van der Waals surface area contributed by atoms with E-state index in [4.69, 9.17) is 0 Å². The number of hydrogen-bond donors (Lipinski definition) is 2. The number of alkyl halides is 5. The van der Waals surface area contributed by atoms with Gasteiger partial charge in [0.1, 0.15) is 5.65 Å². The van der Waals surface area contributed by atoms with E-state index in [-0.39, 0.29) is 50.3 Å². The van der Waals surface area contributed by atoms with Crippen molar-refractivity contribution in [2.75, 3.05) is 32.7 Å². The number of aromatic nitrogens is 3. The average molecular weight is 561 g/mol. The number of halogens is 5. The summed E-state index contributed by atoms with van der Waals surface area (Å²) < 4.78 is 66.5. The van der Waals surface area contributed by atoms with Crippen LogP contribution in [0.2, 0.25) is 0 Å². The van der Waals surface area contributed by atoms with Crippen LogP contribution in [0.1, 0.15) is 42.6 Å². The van der Waals surface area contributed by atoms with Gasteiger partial charge in [0.2, 0.25) is 11.8 Å². The molecule has 39 heavy (non-hydrogen) atoms. The van der Waals surface area contributed by atoms with Gasteiger partial charge in [0.05, 0.1) is 12.7 Å². The quantitative estimate of drug-likeness (QED) is 0.378. The maximum Gasteiger partial charge on any atom is 0.454 e. The van der Waals surface area contributed by atoms with Gasteiger partial charge in [-0.3, -0.25) is 23.9 Å². The Bertz CT molecular complexity index is 1340. The summed E-state index contributed by atoms with van der Waals surface area (Å²) in [5.41, 5.74) is -0.676. The van der Waals surface area contributed by atoms with Gasteiger partial charge in [0.15, 0.2) is 5.56 Å². The third-order valence-corrected chi connectivity index (χ3v) is 6.52. The van der Waals surface area contributed by atoms with Gasteiger partial charge in [-0.15, -0.1) is 0 Å². The molecule has 2 aromatic heterocycles. The Morgan fingerprint density at radius 2 is 1.79 bits per heavy atom. The van der Waals surface area contributed by atoms with Gasteiger partial charge in [-0.1, -0.05) is 13.8 Å². The summed E-state index contributed by atoms with van der Waals surface area (Å²) >= 11 is 0. The average Bonchev–Trinajstić information content (AvgIpc) is 3.55. The normalized spacial score (nSPS) is 17.5. The lowest BCUT2D eigenvalue weighted by molar-refractivity contribution is -0.287. The molecule has 214 valence electrons. The van der Waals surface area contributed by atoms with Crippen LogP contribution in [0, 0.1) is 5.92 Å². The molecule has 2 N–H and O–H groups in total. The van der Waals surface area contributed by atoms with Crippen LogP contribution in [0.5, 0.6) is 5.88 Å². The first-order valence-corrected chi connectivity index (χ1v) is 12.5. The fourth-order valence-corrected chi connectivity index (χ4v) is 4.31. The Balaban J connectivity index is 1.53. The highest BCUT2D eigenvalue weighted by molar-refractivity contribution is 5.97. The zero-order valence-corrected chi connectivity index (χ0v) is 21.3. The molecule has 2 aromatic rings. The van der Waals surface area contributed by atoms with Gasteiger partial charge in [0, 0.05) is 50.4 Å². The number of aromatic hydroxyl groups is 1. The smallest absolute Gasteiger partial charge is 0.454 e. The molecule has 2 aliphatic rings. The second kappa shape index (κ2) is 10.6. The third-order valence-electron chi connectivity index (χ3n) is 6.52. The lowest BCUT2D eigenvalue weighted by atomic mass is 10.2. The summed E-state index contributed by atoms with van der Waals surface area (Å²) in [4.78, 5) is 40.9. The predicted octanol–water partition coefficient (Wildman–Crippen LogP) is 2.10. The largest absolute Gasteiger partial charge is 0.492 e. The molecule has 2 fully saturated rings.